The zero-order chi connectivity index (χ0) is 15.2. The van der Waals surface area contributed by atoms with E-state index in [0.29, 0.717) is 24.0 Å². The molecule has 0 saturated carbocycles. The molecule has 0 saturated heterocycles. The lowest BCUT2D eigenvalue weighted by Gasteiger charge is -2.04. The third-order valence-electron chi connectivity index (χ3n) is 2.99. The monoisotopic (exact) mass is 327 g/mol. The van der Waals surface area contributed by atoms with Gasteiger partial charge in [-0.15, -0.1) is 12.4 Å². The Hall–Kier alpha value is -2.19. The van der Waals surface area contributed by atoms with Crippen molar-refractivity contribution in [1.29, 1.82) is 0 Å². The van der Waals surface area contributed by atoms with Gasteiger partial charge in [-0.3, -0.25) is 20.0 Å². The molecule has 2 rings (SSSR count). The van der Waals surface area contributed by atoms with Crippen LogP contribution in [0.15, 0.2) is 18.2 Å². The number of hydrogen-bond acceptors (Lipinski definition) is 5. The molecule has 0 aliphatic heterocycles. The van der Waals surface area contributed by atoms with Crippen molar-refractivity contribution in [3.05, 3.63) is 34.0 Å². The summed E-state index contributed by atoms with van der Waals surface area (Å²) in [6.07, 6.45) is 1.03. The fraction of sp³-hybridized carbons (Fsp3) is 0.385. The van der Waals surface area contributed by atoms with Crippen LogP contribution < -0.4 is 10.6 Å². The molecular formula is C13H18ClN5O3. The Bertz CT molecular complexity index is 658. The van der Waals surface area contributed by atoms with Crippen molar-refractivity contribution in [3.8, 4) is 0 Å². The highest BCUT2D eigenvalue weighted by atomic mass is 35.5. The third-order valence-corrected chi connectivity index (χ3v) is 2.99. The van der Waals surface area contributed by atoms with E-state index in [-0.39, 0.29) is 29.7 Å². The van der Waals surface area contributed by atoms with Crippen LogP contribution in [0.2, 0.25) is 0 Å². The van der Waals surface area contributed by atoms with Crippen LogP contribution in [0.5, 0.6) is 0 Å². The summed E-state index contributed by atoms with van der Waals surface area (Å²) in [5.74, 6) is -0.347. The van der Waals surface area contributed by atoms with Crippen molar-refractivity contribution in [3.63, 3.8) is 0 Å². The summed E-state index contributed by atoms with van der Waals surface area (Å²) in [6.45, 7) is 4.10. The number of H-pyrrole nitrogens is 1. The molecule has 0 radical (unpaired) electrons. The first-order valence-electron chi connectivity index (χ1n) is 6.75. The fourth-order valence-corrected chi connectivity index (χ4v) is 1.94. The molecule has 0 spiro atoms. The zero-order valence-corrected chi connectivity index (χ0v) is 12.9. The number of nitro groups is 1. The van der Waals surface area contributed by atoms with Gasteiger partial charge in [-0.2, -0.15) is 5.10 Å². The molecule has 1 aromatic carbocycles. The van der Waals surface area contributed by atoms with Gasteiger partial charge < -0.3 is 10.6 Å². The maximum absolute atomic E-state index is 12.0. The molecule has 0 aliphatic rings. The second kappa shape index (κ2) is 8.30. The first-order chi connectivity index (χ1) is 10.1. The van der Waals surface area contributed by atoms with Gasteiger partial charge >= 0.3 is 0 Å². The average Bonchev–Trinajstić information content (AvgIpc) is 2.89. The topological polar surface area (TPSA) is 113 Å². The molecule has 0 fully saturated rings. The number of rotatable bonds is 7. The van der Waals surface area contributed by atoms with Gasteiger partial charge in [0.05, 0.1) is 10.4 Å². The van der Waals surface area contributed by atoms with Crippen LogP contribution in [0.4, 0.5) is 5.69 Å². The van der Waals surface area contributed by atoms with E-state index in [9.17, 15) is 14.9 Å². The van der Waals surface area contributed by atoms with Crippen molar-refractivity contribution in [1.82, 2.24) is 20.8 Å². The van der Waals surface area contributed by atoms with E-state index in [0.717, 1.165) is 13.0 Å². The number of nitro benzene ring substituents is 1. The Morgan fingerprint density at radius 3 is 2.82 bits per heavy atom. The summed E-state index contributed by atoms with van der Waals surface area (Å²) in [7, 11) is 0. The molecule has 2 aromatic rings. The van der Waals surface area contributed by atoms with Gasteiger partial charge in [0.2, 0.25) is 0 Å². The molecule has 3 N–H and O–H groups in total. The second-order valence-corrected chi connectivity index (χ2v) is 4.57. The SMILES string of the molecule is CCCNCCNC(=O)c1n[nH]c2ccc([N+](=O)[O-])cc12.Cl. The molecule has 0 unspecified atom stereocenters. The van der Waals surface area contributed by atoms with Gasteiger partial charge in [0.25, 0.3) is 11.6 Å². The van der Waals surface area contributed by atoms with Gasteiger partial charge in [0.1, 0.15) is 0 Å². The minimum Gasteiger partial charge on any atom is -0.349 e. The van der Waals surface area contributed by atoms with Crippen LogP contribution in [0.1, 0.15) is 23.8 Å². The van der Waals surface area contributed by atoms with E-state index in [2.05, 4.69) is 27.8 Å². The Morgan fingerprint density at radius 1 is 1.36 bits per heavy atom. The molecule has 1 heterocycles. The van der Waals surface area contributed by atoms with E-state index in [4.69, 9.17) is 0 Å². The molecule has 1 aromatic heterocycles. The Balaban J connectivity index is 0.00000242. The van der Waals surface area contributed by atoms with Crippen LogP contribution in [0.25, 0.3) is 10.9 Å². The summed E-state index contributed by atoms with van der Waals surface area (Å²) < 4.78 is 0. The number of amides is 1. The second-order valence-electron chi connectivity index (χ2n) is 4.57. The van der Waals surface area contributed by atoms with Gasteiger partial charge in [0.15, 0.2) is 5.69 Å². The Labute approximate surface area is 133 Å². The summed E-state index contributed by atoms with van der Waals surface area (Å²) in [5, 5.41) is 23.8. The largest absolute Gasteiger partial charge is 0.349 e. The summed E-state index contributed by atoms with van der Waals surface area (Å²) in [6, 6.07) is 4.26. The van der Waals surface area contributed by atoms with Crippen molar-refractivity contribution in [2.75, 3.05) is 19.6 Å². The Kier molecular flexibility index (Phi) is 6.74. The normalized spacial score (nSPS) is 10.2. The van der Waals surface area contributed by atoms with Gasteiger partial charge in [-0.25, -0.2) is 0 Å². The first kappa shape index (κ1) is 17.9. The summed E-state index contributed by atoms with van der Waals surface area (Å²) >= 11 is 0. The van der Waals surface area contributed by atoms with Gasteiger partial charge in [-0.05, 0) is 19.0 Å². The number of aromatic nitrogens is 2. The number of hydrogen-bond donors (Lipinski definition) is 3. The minimum absolute atomic E-state index is 0. The van der Waals surface area contributed by atoms with Crippen LogP contribution >= 0.6 is 12.4 Å². The number of aromatic amines is 1. The van der Waals surface area contributed by atoms with Crippen molar-refractivity contribution in [2.45, 2.75) is 13.3 Å². The molecule has 0 bridgehead atoms. The Morgan fingerprint density at radius 2 is 2.14 bits per heavy atom. The summed E-state index contributed by atoms with van der Waals surface area (Å²) in [5.41, 5.74) is 0.696. The van der Waals surface area contributed by atoms with Crippen molar-refractivity contribution in [2.24, 2.45) is 0 Å². The van der Waals surface area contributed by atoms with E-state index < -0.39 is 4.92 Å². The van der Waals surface area contributed by atoms with Crippen LogP contribution in [0.3, 0.4) is 0 Å². The molecule has 8 nitrogen and oxygen atoms in total. The number of fused-ring (bicyclic) bond motifs is 1. The molecular weight excluding hydrogens is 310 g/mol. The molecule has 0 atom stereocenters. The highest BCUT2D eigenvalue weighted by Crippen LogP contribution is 2.21. The van der Waals surface area contributed by atoms with Gasteiger partial charge in [0, 0.05) is 30.6 Å². The number of benzene rings is 1. The molecule has 1 amide bonds. The number of carbonyl (C=O) groups is 1. The highest BCUT2D eigenvalue weighted by Gasteiger charge is 2.16. The smallest absolute Gasteiger partial charge is 0.272 e. The standard InChI is InChI=1S/C13H17N5O3.ClH/c1-2-5-14-6-7-15-13(19)12-10-8-9(18(20)21)3-4-11(10)16-17-12;/h3-4,8,14H,2,5-7H2,1H3,(H,15,19)(H,16,17);1H. The van der Waals surface area contributed by atoms with E-state index in [1.165, 1.54) is 12.1 Å². The summed E-state index contributed by atoms with van der Waals surface area (Å²) in [4.78, 5) is 22.3. The van der Waals surface area contributed by atoms with Crippen molar-refractivity contribution >= 4 is 34.9 Å². The van der Waals surface area contributed by atoms with E-state index in [1.807, 2.05) is 0 Å². The number of non-ortho nitro benzene ring substituents is 1. The maximum Gasteiger partial charge on any atom is 0.272 e. The highest BCUT2D eigenvalue weighted by molar-refractivity contribution is 6.05. The predicted molar refractivity (Wildman–Crippen MR) is 85.5 cm³/mol. The van der Waals surface area contributed by atoms with Crippen LogP contribution in [0, 0.1) is 10.1 Å². The lowest BCUT2D eigenvalue weighted by Crippen LogP contribution is -2.32. The molecule has 9 heteroatoms. The lowest BCUT2D eigenvalue weighted by molar-refractivity contribution is -0.384. The minimum atomic E-state index is -0.497. The third kappa shape index (κ3) is 4.15. The molecule has 22 heavy (non-hydrogen) atoms. The predicted octanol–water partition coefficient (Wildman–Crippen LogP) is 1.62. The molecule has 120 valence electrons. The maximum atomic E-state index is 12.0. The first-order valence-corrected chi connectivity index (χ1v) is 6.75. The number of nitrogens with one attached hydrogen (secondary N) is 3. The molecule has 0 aliphatic carbocycles. The van der Waals surface area contributed by atoms with E-state index in [1.54, 1.807) is 6.07 Å². The fourth-order valence-electron chi connectivity index (χ4n) is 1.94. The number of carbonyl (C=O) groups excluding carboxylic acids is 1. The van der Waals surface area contributed by atoms with Crippen LogP contribution in [-0.2, 0) is 0 Å². The zero-order valence-electron chi connectivity index (χ0n) is 12.1. The quantitative estimate of drug-likeness (QED) is 0.406. The van der Waals surface area contributed by atoms with Crippen LogP contribution in [-0.4, -0.2) is 40.7 Å². The van der Waals surface area contributed by atoms with Crippen molar-refractivity contribution < 1.29 is 9.72 Å². The lowest BCUT2D eigenvalue weighted by atomic mass is 10.2. The number of nitrogens with zero attached hydrogens (tertiary/aromatic N) is 2. The number of halogens is 1. The van der Waals surface area contributed by atoms with E-state index >= 15 is 0 Å². The van der Waals surface area contributed by atoms with Gasteiger partial charge in [-0.1, -0.05) is 6.92 Å². The average molecular weight is 328 g/mol.